The van der Waals surface area contributed by atoms with Crippen LogP contribution >= 0.6 is 0 Å². The van der Waals surface area contributed by atoms with E-state index < -0.39 is 0 Å². The minimum Gasteiger partial charge on any atom is -0.257 e. The first-order valence-electron chi connectivity index (χ1n) is 14.2. The van der Waals surface area contributed by atoms with Gasteiger partial charge in [0.1, 0.15) is 0 Å². The van der Waals surface area contributed by atoms with Gasteiger partial charge < -0.3 is 0 Å². The quantitative estimate of drug-likeness (QED) is 0.294. The Kier molecular flexibility index (Phi) is 5.07. The van der Waals surface area contributed by atoms with E-state index in [2.05, 4.69) is 111 Å². The summed E-state index contributed by atoms with van der Waals surface area (Å²) in [5, 5.41) is 16.3. The number of hydrogen-bond acceptors (Lipinski definition) is 4. The van der Waals surface area contributed by atoms with Gasteiger partial charge in [-0.3, -0.25) is 5.01 Å². The highest BCUT2D eigenvalue weighted by atomic mass is 15.5. The van der Waals surface area contributed by atoms with Crippen LogP contribution in [0.5, 0.6) is 0 Å². The highest BCUT2D eigenvalue weighted by Crippen LogP contribution is 2.60. The molecule has 1 aliphatic heterocycles. The molecule has 0 radical (unpaired) electrons. The lowest BCUT2D eigenvalue weighted by atomic mass is 9.49. The van der Waals surface area contributed by atoms with Gasteiger partial charge in [-0.1, -0.05) is 65.9 Å². The van der Waals surface area contributed by atoms with Crippen LogP contribution in [-0.2, 0) is 5.41 Å². The summed E-state index contributed by atoms with van der Waals surface area (Å²) in [6.07, 6.45) is 11.2. The van der Waals surface area contributed by atoms with E-state index in [0.717, 1.165) is 41.3 Å². The zero-order chi connectivity index (χ0) is 25.1. The average Bonchev–Trinajstić information content (AvgIpc) is 3.62. The molecule has 4 aliphatic carbocycles. The molecule has 5 nitrogen and oxygen atoms in total. The van der Waals surface area contributed by atoms with Gasteiger partial charge >= 0.3 is 0 Å². The van der Waals surface area contributed by atoms with E-state index in [9.17, 15) is 0 Å². The second-order valence-corrected chi connectivity index (χ2v) is 12.1. The minimum absolute atomic E-state index is 0.153. The first kappa shape index (κ1) is 22.3. The predicted molar refractivity (Wildman–Crippen MR) is 150 cm³/mol. The van der Waals surface area contributed by atoms with Crippen LogP contribution in [0.2, 0.25) is 0 Å². The number of benzene rings is 3. The van der Waals surface area contributed by atoms with Gasteiger partial charge in [-0.05, 0) is 91.7 Å². The van der Waals surface area contributed by atoms with Crippen molar-refractivity contribution in [1.29, 1.82) is 0 Å². The van der Waals surface area contributed by atoms with Crippen LogP contribution in [-0.4, -0.2) is 20.7 Å². The maximum atomic E-state index is 5.10. The normalized spacial score (nSPS) is 29.6. The third-order valence-electron chi connectivity index (χ3n) is 9.69. The number of hydrazone groups is 1. The van der Waals surface area contributed by atoms with E-state index in [1.54, 1.807) is 0 Å². The maximum Gasteiger partial charge on any atom is 0.0831 e. The SMILES string of the molecule is c1ccc(C2=NN(c3ccccc3)C(c3ccc(-n4nncc4C45CC6CC(CC(C6)C4)C5)cc3)C2)cc1. The van der Waals surface area contributed by atoms with Crippen molar-refractivity contribution >= 4 is 11.4 Å². The lowest BCUT2D eigenvalue weighted by Crippen LogP contribution is -2.49. The van der Waals surface area contributed by atoms with Crippen LogP contribution in [0.1, 0.15) is 67.8 Å². The summed E-state index contributed by atoms with van der Waals surface area (Å²) in [6, 6.07) is 30.2. The Bertz CT molecular complexity index is 1440. The minimum atomic E-state index is 0.153. The fraction of sp³-hybridized carbons (Fsp3) is 0.364. The zero-order valence-corrected chi connectivity index (χ0v) is 21.7. The van der Waals surface area contributed by atoms with Crippen LogP contribution < -0.4 is 5.01 Å². The summed E-state index contributed by atoms with van der Waals surface area (Å²) in [6.45, 7) is 0. The molecule has 5 heteroatoms. The number of rotatable bonds is 5. The fourth-order valence-corrected chi connectivity index (χ4v) is 8.44. The molecule has 1 aromatic heterocycles. The van der Waals surface area contributed by atoms with E-state index in [-0.39, 0.29) is 11.5 Å². The standard InChI is InChI=1S/C33H33N5/c1-3-7-26(8-4-1)30-18-31(37(35-30)28-9-5-2-6-10-28)27-11-13-29(14-12-27)38-32(22-34-36-38)33-19-23-15-24(20-33)17-25(16-23)21-33/h1-14,22-25,31H,15-21H2. The van der Waals surface area contributed by atoms with Crippen molar-refractivity contribution < 1.29 is 0 Å². The van der Waals surface area contributed by atoms with Gasteiger partial charge in [-0.2, -0.15) is 5.10 Å². The molecule has 9 rings (SSSR count). The van der Waals surface area contributed by atoms with E-state index >= 15 is 0 Å². The van der Waals surface area contributed by atoms with E-state index in [1.165, 1.54) is 55.3 Å². The van der Waals surface area contributed by atoms with E-state index in [4.69, 9.17) is 5.10 Å². The molecule has 1 unspecified atom stereocenters. The smallest absolute Gasteiger partial charge is 0.0831 e. The van der Waals surface area contributed by atoms with Crippen molar-refractivity contribution in [2.24, 2.45) is 22.9 Å². The van der Waals surface area contributed by atoms with E-state index in [1.807, 2.05) is 0 Å². The van der Waals surface area contributed by atoms with Crippen LogP contribution in [0.4, 0.5) is 5.69 Å². The first-order chi connectivity index (χ1) is 18.7. The number of anilines is 1. The van der Waals surface area contributed by atoms with E-state index in [0.29, 0.717) is 0 Å². The van der Waals surface area contributed by atoms with Crippen molar-refractivity contribution in [3.63, 3.8) is 0 Å². The van der Waals surface area contributed by atoms with Gasteiger partial charge in [0, 0.05) is 11.8 Å². The summed E-state index contributed by atoms with van der Waals surface area (Å²) in [4.78, 5) is 0. The average molecular weight is 500 g/mol. The molecule has 0 N–H and O–H groups in total. The molecule has 4 aromatic rings. The number of para-hydroxylation sites is 1. The Hall–Kier alpha value is -3.73. The Morgan fingerprint density at radius 3 is 1.97 bits per heavy atom. The molecule has 190 valence electrons. The van der Waals surface area contributed by atoms with Gasteiger partial charge in [0.25, 0.3) is 0 Å². The molecule has 4 bridgehead atoms. The lowest BCUT2D eigenvalue weighted by Gasteiger charge is -2.56. The topological polar surface area (TPSA) is 46.3 Å². The second-order valence-electron chi connectivity index (χ2n) is 12.1. The molecule has 0 amide bonds. The van der Waals surface area contributed by atoms with Gasteiger partial charge in [0.2, 0.25) is 0 Å². The van der Waals surface area contributed by atoms with Crippen LogP contribution in [0.25, 0.3) is 5.69 Å². The molecule has 2 heterocycles. The largest absolute Gasteiger partial charge is 0.257 e. The molecule has 4 saturated carbocycles. The molecular weight excluding hydrogens is 466 g/mol. The maximum absolute atomic E-state index is 5.10. The van der Waals surface area contributed by atoms with Gasteiger partial charge in [0.15, 0.2) is 0 Å². The molecule has 4 fully saturated rings. The van der Waals surface area contributed by atoms with Crippen LogP contribution in [0.3, 0.4) is 0 Å². The number of aromatic nitrogens is 3. The zero-order valence-electron chi connectivity index (χ0n) is 21.7. The molecule has 0 saturated heterocycles. The number of nitrogens with zero attached hydrogens (tertiary/aromatic N) is 5. The van der Waals surface area contributed by atoms with Gasteiger partial charge in [0.05, 0.1) is 35.0 Å². The van der Waals surface area contributed by atoms with Crippen molar-refractivity contribution in [3.8, 4) is 5.69 Å². The Morgan fingerprint density at radius 1 is 0.684 bits per heavy atom. The highest BCUT2D eigenvalue weighted by Gasteiger charge is 2.53. The van der Waals surface area contributed by atoms with Crippen LogP contribution in [0, 0.1) is 17.8 Å². The van der Waals surface area contributed by atoms with Crippen molar-refractivity contribution in [1.82, 2.24) is 15.0 Å². The summed E-state index contributed by atoms with van der Waals surface area (Å²) in [7, 11) is 0. The van der Waals surface area contributed by atoms with Gasteiger partial charge in [-0.25, -0.2) is 4.68 Å². The summed E-state index contributed by atoms with van der Waals surface area (Å²) < 4.78 is 2.15. The van der Waals surface area contributed by atoms with Crippen molar-refractivity contribution in [3.05, 3.63) is 108 Å². The second kappa shape index (κ2) is 8.65. The summed E-state index contributed by atoms with van der Waals surface area (Å²) in [5.74, 6) is 2.70. The van der Waals surface area contributed by atoms with Crippen molar-refractivity contribution in [2.75, 3.05) is 5.01 Å². The van der Waals surface area contributed by atoms with Crippen molar-refractivity contribution in [2.45, 2.75) is 56.4 Å². The molecule has 0 spiro atoms. The fourth-order valence-electron chi connectivity index (χ4n) is 8.44. The summed E-state index contributed by atoms with van der Waals surface area (Å²) in [5.41, 5.74) is 7.43. The first-order valence-corrected chi connectivity index (χ1v) is 14.2. The number of hydrogen-bond donors (Lipinski definition) is 0. The van der Waals surface area contributed by atoms with Gasteiger partial charge in [-0.15, -0.1) is 5.10 Å². The lowest BCUT2D eigenvalue weighted by molar-refractivity contribution is -0.00828. The molecule has 1 atom stereocenters. The Morgan fingerprint density at radius 2 is 1.32 bits per heavy atom. The Balaban J connectivity index is 1.11. The monoisotopic (exact) mass is 499 g/mol. The molecule has 5 aliphatic rings. The third kappa shape index (κ3) is 3.63. The molecule has 3 aromatic carbocycles. The Labute approximate surface area is 224 Å². The summed E-state index contributed by atoms with van der Waals surface area (Å²) >= 11 is 0. The molecular formula is C33H33N5. The highest BCUT2D eigenvalue weighted by molar-refractivity contribution is 6.03. The predicted octanol–water partition coefficient (Wildman–Crippen LogP) is 7.09. The van der Waals surface area contributed by atoms with Crippen LogP contribution in [0.15, 0.2) is 96.2 Å². The third-order valence-corrected chi connectivity index (χ3v) is 9.69. The molecule has 38 heavy (non-hydrogen) atoms.